The third kappa shape index (κ3) is 5.34. The highest BCUT2D eigenvalue weighted by Crippen LogP contribution is 2.40. The van der Waals surface area contributed by atoms with E-state index in [0.29, 0.717) is 17.5 Å². The van der Waals surface area contributed by atoms with Crippen LogP contribution in [0.3, 0.4) is 0 Å². The van der Waals surface area contributed by atoms with E-state index in [-0.39, 0.29) is 0 Å². The van der Waals surface area contributed by atoms with Gasteiger partial charge in [-0.05, 0) is 92.0 Å². The molecule has 11 aromatic rings. The first-order valence-corrected chi connectivity index (χ1v) is 18.6. The molecule has 0 aliphatic carbocycles. The Morgan fingerprint density at radius 3 is 1.36 bits per heavy atom. The molecule has 0 aliphatic heterocycles. The van der Waals surface area contributed by atoms with Gasteiger partial charge in [0.25, 0.3) is 0 Å². The van der Waals surface area contributed by atoms with Crippen LogP contribution < -0.4 is 0 Å². The van der Waals surface area contributed by atoms with Crippen LogP contribution in [0, 0.1) is 0 Å². The lowest BCUT2D eigenvalue weighted by molar-refractivity contribution is 1.07. The molecule has 2 heterocycles. The minimum Gasteiger partial charge on any atom is -0.309 e. The first kappa shape index (κ1) is 31.1. The van der Waals surface area contributed by atoms with E-state index in [1.54, 1.807) is 0 Å². The van der Waals surface area contributed by atoms with Crippen molar-refractivity contribution >= 4 is 54.1 Å². The fraction of sp³-hybridized carbons (Fsp3) is 0. The minimum absolute atomic E-state index is 0.627. The fourth-order valence-electron chi connectivity index (χ4n) is 8.06. The zero-order valence-corrected chi connectivity index (χ0v) is 29.8. The maximum atomic E-state index is 5.22. The van der Waals surface area contributed by atoms with Crippen molar-refractivity contribution in [2.75, 3.05) is 0 Å². The molecule has 0 fully saturated rings. The van der Waals surface area contributed by atoms with Crippen LogP contribution in [0.5, 0.6) is 0 Å². The van der Waals surface area contributed by atoms with Gasteiger partial charge in [0.15, 0.2) is 17.5 Å². The number of hydrogen-bond acceptors (Lipinski definition) is 3. The van der Waals surface area contributed by atoms with E-state index in [1.165, 1.54) is 48.7 Å². The van der Waals surface area contributed by atoms with Gasteiger partial charge in [0, 0.05) is 33.2 Å². The lowest BCUT2D eigenvalue weighted by Crippen LogP contribution is -2.02. The summed E-state index contributed by atoms with van der Waals surface area (Å²) in [4.78, 5) is 15.5. The summed E-state index contributed by atoms with van der Waals surface area (Å²) >= 11 is 0. The highest BCUT2D eigenvalue weighted by molar-refractivity contribution is 6.16. The Morgan fingerprint density at radius 2 is 0.764 bits per heavy atom. The van der Waals surface area contributed by atoms with Crippen LogP contribution in [-0.4, -0.2) is 19.5 Å². The predicted octanol–water partition coefficient (Wildman–Crippen LogP) is 13.1. The third-order valence-electron chi connectivity index (χ3n) is 10.8. The number of benzene rings is 9. The summed E-state index contributed by atoms with van der Waals surface area (Å²) in [6.45, 7) is 0. The topological polar surface area (TPSA) is 43.6 Å². The molecule has 4 heteroatoms. The summed E-state index contributed by atoms with van der Waals surface area (Å²) in [6, 6.07) is 68.9. The summed E-state index contributed by atoms with van der Waals surface area (Å²) in [5.74, 6) is 1.90. The number of aromatic nitrogens is 4. The van der Waals surface area contributed by atoms with Crippen LogP contribution >= 0.6 is 0 Å². The van der Waals surface area contributed by atoms with Crippen molar-refractivity contribution < 1.29 is 0 Å². The standard InChI is InChI=1S/C51H32N4/c1-3-14-34(15-4-1)44-32-42(55-47-30-39-21-11-9-19-37(39)28-45(47)46-29-38-20-10-12-22-40(38)31-48(46)55)25-26-43(44)51-53-49(35-16-5-2-6-17-35)52-50(54-51)41-24-23-33-13-7-8-18-36(33)27-41/h1-32H. The molecular formula is C51H32N4. The molecule has 0 saturated carbocycles. The van der Waals surface area contributed by atoms with Gasteiger partial charge in [0.1, 0.15) is 0 Å². The Morgan fingerprint density at radius 1 is 0.291 bits per heavy atom. The first-order chi connectivity index (χ1) is 27.2. The Kier molecular flexibility index (Phi) is 7.14. The van der Waals surface area contributed by atoms with Gasteiger partial charge in [-0.15, -0.1) is 0 Å². The molecule has 11 rings (SSSR count). The molecule has 2 aromatic heterocycles. The molecule has 0 radical (unpaired) electrons. The molecule has 0 unspecified atom stereocenters. The molecule has 0 bridgehead atoms. The van der Waals surface area contributed by atoms with Crippen molar-refractivity contribution in [1.29, 1.82) is 0 Å². The zero-order chi connectivity index (χ0) is 36.3. The van der Waals surface area contributed by atoms with E-state index < -0.39 is 0 Å². The van der Waals surface area contributed by atoms with Gasteiger partial charge < -0.3 is 4.57 Å². The van der Waals surface area contributed by atoms with Crippen molar-refractivity contribution in [3.05, 3.63) is 194 Å². The summed E-state index contributed by atoms with van der Waals surface area (Å²) in [5, 5.41) is 9.67. The second-order valence-electron chi connectivity index (χ2n) is 14.1. The minimum atomic E-state index is 0.627. The van der Waals surface area contributed by atoms with Crippen molar-refractivity contribution in [3.63, 3.8) is 0 Å². The number of rotatable bonds is 5. The van der Waals surface area contributed by atoms with Crippen LogP contribution in [-0.2, 0) is 0 Å². The molecule has 9 aromatic carbocycles. The second kappa shape index (κ2) is 12.6. The zero-order valence-electron chi connectivity index (χ0n) is 29.8. The summed E-state index contributed by atoms with van der Waals surface area (Å²) in [6.07, 6.45) is 0. The van der Waals surface area contributed by atoms with Crippen molar-refractivity contribution in [2.24, 2.45) is 0 Å². The van der Waals surface area contributed by atoms with E-state index in [9.17, 15) is 0 Å². The number of fused-ring (bicyclic) bond motifs is 6. The molecule has 0 spiro atoms. The Hall–Kier alpha value is -7.43. The second-order valence-corrected chi connectivity index (χ2v) is 14.1. The Bertz CT molecular complexity index is 3160. The average molecular weight is 701 g/mol. The van der Waals surface area contributed by atoms with Crippen LogP contribution in [0.15, 0.2) is 194 Å². The van der Waals surface area contributed by atoms with E-state index in [0.717, 1.165) is 38.9 Å². The fourth-order valence-corrected chi connectivity index (χ4v) is 8.06. The van der Waals surface area contributed by atoms with E-state index in [4.69, 9.17) is 15.0 Å². The Labute approximate surface area is 317 Å². The summed E-state index contributed by atoms with van der Waals surface area (Å²) in [5.41, 5.74) is 8.36. The molecule has 0 N–H and O–H groups in total. The molecule has 0 aliphatic rings. The average Bonchev–Trinajstić information content (AvgIpc) is 3.56. The monoisotopic (exact) mass is 700 g/mol. The normalized spacial score (nSPS) is 11.6. The quantitative estimate of drug-likeness (QED) is 0.179. The number of nitrogens with zero attached hydrogens (tertiary/aromatic N) is 4. The third-order valence-corrected chi connectivity index (χ3v) is 10.8. The summed E-state index contributed by atoms with van der Waals surface area (Å²) < 4.78 is 2.42. The smallest absolute Gasteiger partial charge is 0.164 e. The van der Waals surface area contributed by atoms with Crippen molar-refractivity contribution in [2.45, 2.75) is 0 Å². The van der Waals surface area contributed by atoms with E-state index in [2.05, 4.69) is 180 Å². The van der Waals surface area contributed by atoms with Gasteiger partial charge in [0.2, 0.25) is 0 Å². The largest absolute Gasteiger partial charge is 0.309 e. The maximum absolute atomic E-state index is 5.22. The predicted molar refractivity (Wildman–Crippen MR) is 228 cm³/mol. The van der Waals surface area contributed by atoms with Crippen LogP contribution in [0.2, 0.25) is 0 Å². The van der Waals surface area contributed by atoms with Gasteiger partial charge in [-0.1, -0.05) is 146 Å². The lowest BCUT2D eigenvalue weighted by Gasteiger charge is -2.16. The van der Waals surface area contributed by atoms with Gasteiger partial charge in [-0.3, -0.25) is 0 Å². The van der Waals surface area contributed by atoms with E-state index >= 15 is 0 Å². The van der Waals surface area contributed by atoms with Gasteiger partial charge in [0.05, 0.1) is 11.0 Å². The molecule has 55 heavy (non-hydrogen) atoms. The van der Waals surface area contributed by atoms with Gasteiger partial charge in [-0.2, -0.15) is 0 Å². The van der Waals surface area contributed by atoms with Gasteiger partial charge >= 0.3 is 0 Å². The van der Waals surface area contributed by atoms with Crippen LogP contribution in [0.4, 0.5) is 0 Å². The van der Waals surface area contributed by atoms with Crippen molar-refractivity contribution in [1.82, 2.24) is 19.5 Å². The van der Waals surface area contributed by atoms with Crippen LogP contribution in [0.25, 0.3) is 105 Å². The van der Waals surface area contributed by atoms with E-state index in [1.807, 2.05) is 18.2 Å². The highest BCUT2D eigenvalue weighted by Gasteiger charge is 2.20. The molecule has 4 nitrogen and oxygen atoms in total. The number of hydrogen-bond donors (Lipinski definition) is 0. The lowest BCUT2D eigenvalue weighted by atomic mass is 9.98. The molecule has 0 amide bonds. The Balaban J connectivity index is 1.18. The SMILES string of the molecule is c1ccc(-c2nc(-c3ccc4ccccc4c3)nc(-c3ccc(-n4c5cc6ccccc6cc5c5cc6ccccc6cc54)cc3-c3ccccc3)n2)cc1. The molecule has 0 saturated heterocycles. The van der Waals surface area contributed by atoms with Crippen molar-refractivity contribution in [3.8, 4) is 51.0 Å². The molecular weight excluding hydrogens is 669 g/mol. The van der Waals surface area contributed by atoms with Gasteiger partial charge in [-0.25, -0.2) is 15.0 Å². The van der Waals surface area contributed by atoms with Crippen LogP contribution in [0.1, 0.15) is 0 Å². The maximum Gasteiger partial charge on any atom is 0.164 e. The summed E-state index contributed by atoms with van der Waals surface area (Å²) in [7, 11) is 0. The highest BCUT2D eigenvalue weighted by atomic mass is 15.0. The molecule has 256 valence electrons. The molecule has 0 atom stereocenters. The first-order valence-electron chi connectivity index (χ1n) is 18.6.